The summed E-state index contributed by atoms with van der Waals surface area (Å²) in [5.41, 5.74) is -0.340. The van der Waals surface area contributed by atoms with E-state index >= 15 is 0 Å². The van der Waals surface area contributed by atoms with Crippen molar-refractivity contribution in [2.75, 3.05) is 18.4 Å². The number of halogens is 3. The lowest BCUT2D eigenvalue weighted by molar-refractivity contribution is -0.384. The van der Waals surface area contributed by atoms with Gasteiger partial charge in [0, 0.05) is 11.9 Å². The second-order valence-corrected chi connectivity index (χ2v) is 5.03. The molecule has 1 unspecified atom stereocenters. The van der Waals surface area contributed by atoms with Gasteiger partial charge in [0.25, 0.3) is 5.92 Å². The first-order chi connectivity index (χ1) is 10.4. The van der Waals surface area contributed by atoms with E-state index in [1.54, 1.807) is 0 Å². The maximum absolute atomic E-state index is 13.7. The molecule has 9 heteroatoms. The monoisotopic (exact) mass is 312 g/mol. The van der Waals surface area contributed by atoms with Crippen molar-refractivity contribution in [3.05, 3.63) is 40.3 Å². The minimum atomic E-state index is -3.06. The zero-order chi connectivity index (χ0) is 15.9. The Morgan fingerprint density at radius 2 is 2.23 bits per heavy atom. The molecule has 0 amide bonds. The van der Waals surface area contributed by atoms with Gasteiger partial charge in [-0.3, -0.25) is 10.1 Å². The van der Waals surface area contributed by atoms with Crippen molar-refractivity contribution in [1.29, 1.82) is 0 Å². The third-order valence-electron chi connectivity index (χ3n) is 3.54. The summed E-state index contributed by atoms with van der Waals surface area (Å²) in [6.45, 7) is -0.570. The fourth-order valence-corrected chi connectivity index (χ4v) is 2.43. The molecule has 1 aromatic heterocycles. The van der Waals surface area contributed by atoms with E-state index in [-0.39, 0.29) is 23.1 Å². The Morgan fingerprint density at radius 3 is 2.86 bits per heavy atom. The van der Waals surface area contributed by atoms with Crippen LogP contribution in [0, 0.1) is 15.9 Å². The van der Waals surface area contributed by atoms with Crippen molar-refractivity contribution in [2.24, 2.45) is 0 Å². The highest BCUT2D eigenvalue weighted by Gasteiger charge is 2.44. The van der Waals surface area contributed by atoms with Gasteiger partial charge in [0.1, 0.15) is 23.7 Å². The Balaban J connectivity index is 2.14. The van der Waals surface area contributed by atoms with Crippen molar-refractivity contribution in [2.45, 2.75) is 12.0 Å². The fraction of sp³-hybridized carbons (Fsp3) is 0.308. The largest absolute Gasteiger partial charge is 0.369 e. The molecule has 2 heterocycles. The standard InChI is InChI=1S/C13H11F3N4O2/c14-7-1-2-9-8(3-7)12(10(4-18-9)20(21)22)19-11-5-17-6-13(11,15)16/h1-4,11,17H,5-6H2,(H,18,19). The summed E-state index contributed by atoms with van der Waals surface area (Å²) in [7, 11) is 0. The number of pyridine rings is 1. The van der Waals surface area contributed by atoms with Gasteiger partial charge in [-0.2, -0.15) is 0 Å². The number of nitrogens with one attached hydrogen (secondary N) is 2. The SMILES string of the molecule is O=[N+]([O-])c1cnc2ccc(F)cc2c1NC1CNCC1(F)F. The molecule has 0 aliphatic carbocycles. The molecule has 3 rings (SSSR count). The molecule has 0 bridgehead atoms. The van der Waals surface area contributed by atoms with Gasteiger partial charge < -0.3 is 10.6 Å². The molecule has 0 saturated carbocycles. The van der Waals surface area contributed by atoms with E-state index in [1.165, 1.54) is 6.07 Å². The van der Waals surface area contributed by atoms with Gasteiger partial charge in [0.05, 0.1) is 17.0 Å². The Kier molecular flexibility index (Phi) is 3.36. The van der Waals surface area contributed by atoms with Crippen LogP contribution in [-0.4, -0.2) is 35.0 Å². The number of nitro groups is 1. The lowest BCUT2D eigenvalue weighted by Crippen LogP contribution is -2.38. The fourth-order valence-electron chi connectivity index (χ4n) is 2.43. The molecule has 1 saturated heterocycles. The van der Waals surface area contributed by atoms with E-state index in [0.29, 0.717) is 0 Å². The van der Waals surface area contributed by atoms with Crippen molar-refractivity contribution in [3.8, 4) is 0 Å². The lowest BCUT2D eigenvalue weighted by atomic mass is 10.1. The Hall–Kier alpha value is -2.42. The summed E-state index contributed by atoms with van der Waals surface area (Å²) >= 11 is 0. The minimum absolute atomic E-state index is 0.0523. The average molecular weight is 312 g/mol. The molecule has 116 valence electrons. The highest BCUT2D eigenvalue weighted by molar-refractivity contribution is 5.95. The van der Waals surface area contributed by atoms with Crippen molar-refractivity contribution in [1.82, 2.24) is 10.3 Å². The van der Waals surface area contributed by atoms with Crippen LogP contribution in [0.2, 0.25) is 0 Å². The van der Waals surface area contributed by atoms with Crippen LogP contribution < -0.4 is 10.6 Å². The normalized spacial score (nSPS) is 20.2. The first-order valence-corrected chi connectivity index (χ1v) is 6.46. The van der Waals surface area contributed by atoms with Crippen molar-refractivity contribution < 1.29 is 18.1 Å². The average Bonchev–Trinajstić information content (AvgIpc) is 2.78. The van der Waals surface area contributed by atoms with Gasteiger partial charge in [0.15, 0.2) is 0 Å². The second kappa shape index (κ2) is 5.09. The van der Waals surface area contributed by atoms with Crippen LogP contribution in [-0.2, 0) is 0 Å². The number of nitrogens with zero attached hydrogens (tertiary/aromatic N) is 2. The van der Waals surface area contributed by atoms with Crippen LogP contribution in [0.3, 0.4) is 0 Å². The van der Waals surface area contributed by atoms with Crippen LogP contribution >= 0.6 is 0 Å². The number of rotatable bonds is 3. The summed E-state index contributed by atoms with van der Waals surface area (Å²) in [5, 5.41) is 16.2. The Morgan fingerprint density at radius 1 is 1.45 bits per heavy atom. The topological polar surface area (TPSA) is 80.1 Å². The second-order valence-electron chi connectivity index (χ2n) is 5.03. The van der Waals surface area contributed by atoms with E-state index in [1.807, 2.05) is 0 Å². The summed E-state index contributed by atoms with van der Waals surface area (Å²) in [4.78, 5) is 14.2. The van der Waals surface area contributed by atoms with E-state index in [9.17, 15) is 23.3 Å². The quantitative estimate of drug-likeness (QED) is 0.671. The van der Waals surface area contributed by atoms with Gasteiger partial charge in [-0.05, 0) is 18.2 Å². The number of anilines is 1. The van der Waals surface area contributed by atoms with Crippen LogP contribution in [0.1, 0.15) is 0 Å². The summed E-state index contributed by atoms with van der Waals surface area (Å²) in [6.07, 6.45) is 0.975. The van der Waals surface area contributed by atoms with Gasteiger partial charge in [-0.1, -0.05) is 0 Å². The molecule has 2 aromatic rings. The van der Waals surface area contributed by atoms with E-state index < -0.39 is 34.9 Å². The summed E-state index contributed by atoms with van der Waals surface area (Å²) < 4.78 is 40.9. The molecular weight excluding hydrogens is 301 g/mol. The van der Waals surface area contributed by atoms with Crippen molar-refractivity contribution in [3.63, 3.8) is 0 Å². The van der Waals surface area contributed by atoms with Crippen LogP contribution in [0.4, 0.5) is 24.5 Å². The molecule has 1 aliphatic heterocycles. The molecule has 1 aromatic carbocycles. The van der Waals surface area contributed by atoms with E-state index in [4.69, 9.17) is 0 Å². The highest BCUT2D eigenvalue weighted by atomic mass is 19.3. The van der Waals surface area contributed by atoms with Crippen LogP contribution in [0.5, 0.6) is 0 Å². The summed E-state index contributed by atoms with van der Waals surface area (Å²) in [6, 6.07) is 2.21. The number of benzene rings is 1. The molecule has 2 N–H and O–H groups in total. The first-order valence-electron chi connectivity index (χ1n) is 6.46. The molecule has 6 nitrogen and oxygen atoms in total. The number of aromatic nitrogens is 1. The number of hydrogen-bond donors (Lipinski definition) is 2. The van der Waals surface area contributed by atoms with Crippen LogP contribution in [0.25, 0.3) is 10.9 Å². The molecule has 22 heavy (non-hydrogen) atoms. The molecular formula is C13H11F3N4O2. The third kappa shape index (κ3) is 2.43. The van der Waals surface area contributed by atoms with E-state index in [2.05, 4.69) is 15.6 Å². The number of fused-ring (bicyclic) bond motifs is 1. The third-order valence-corrected chi connectivity index (χ3v) is 3.54. The molecule has 1 fully saturated rings. The van der Waals surface area contributed by atoms with Crippen LogP contribution in [0.15, 0.2) is 24.4 Å². The lowest BCUT2D eigenvalue weighted by Gasteiger charge is -2.21. The Bertz CT molecular complexity index is 753. The minimum Gasteiger partial charge on any atom is -0.369 e. The zero-order valence-corrected chi connectivity index (χ0v) is 11.1. The maximum Gasteiger partial charge on any atom is 0.311 e. The smallest absolute Gasteiger partial charge is 0.311 e. The number of alkyl halides is 2. The Labute approximate surface area is 122 Å². The van der Waals surface area contributed by atoms with Gasteiger partial charge in [-0.25, -0.2) is 18.2 Å². The molecule has 1 aliphatic rings. The molecule has 0 spiro atoms. The highest BCUT2D eigenvalue weighted by Crippen LogP contribution is 2.35. The number of hydrogen-bond acceptors (Lipinski definition) is 5. The predicted octanol–water partition coefficient (Wildman–Crippen LogP) is 2.30. The summed E-state index contributed by atoms with van der Waals surface area (Å²) in [5.74, 6) is -3.69. The van der Waals surface area contributed by atoms with Gasteiger partial charge >= 0.3 is 5.69 Å². The molecule has 1 atom stereocenters. The zero-order valence-electron chi connectivity index (χ0n) is 11.1. The molecule has 0 radical (unpaired) electrons. The van der Waals surface area contributed by atoms with Gasteiger partial charge in [0.2, 0.25) is 0 Å². The predicted molar refractivity (Wildman–Crippen MR) is 73.6 cm³/mol. The van der Waals surface area contributed by atoms with Crippen molar-refractivity contribution >= 4 is 22.3 Å². The maximum atomic E-state index is 13.7. The first kappa shape index (κ1) is 14.5. The van der Waals surface area contributed by atoms with Gasteiger partial charge in [-0.15, -0.1) is 0 Å². The van der Waals surface area contributed by atoms with E-state index in [0.717, 1.165) is 18.3 Å².